The quantitative estimate of drug-likeness (QED) is 0.195. The summed E-state index contributed by atoms with van der Waals surface area (Å²) in [6.07, 6.45) is -0.788. The number of Topliss-reactive ketones (excluding diaryl/α,β-unsaturated/α-hetero) is 1. The molecule has 0 unspecified atom stereocenters. The van der Waals surface area contributed by atoms with Gasteiger partial charge in [-0.25, -0.2) is 15.1 Å². The molecule has 1 heterocycles. The highest BCUT2D eigenvalue weighted by molar-refractivity contribution is 6.15. The summed E-state index contributed by atoms with van der Waals surface area (Å²) in [4.78, 5) is 84.7. The lowest BCUT2D eigenvalue weighted by Gasteiger charge is -2.31. The van der Waals surface area contributed by atoms with Gasteiger partial charge in [-0.3, -0.25) is 24.1 Å². The molecule has 0 spiro atoms. The van der Waals surface area contributed by atoms with Gasteiger partial charge in [-0.15, -0.1) is 0 Å². The molecule has 14 nitrogen and oxygen atoms in total. The Hall–Kier alpha value is -4.98. The number of para-hydroxylation sites is 1. The average Bonchev–Trinajstić information content (AvgIpc) is 3.11. The highest BCUT2D eigenvalue weighted by Crippen LogP contribution is 2.37. The number of benzene rings is 2. The summed E-state index contributed by atoms with van der Waals surface area (Å²) in [5.74, 6) is -5.67. The van der Waals surface area contributed by atoms with Crippen LogP contribution in [0.5, 0.6) is 0 Å². The van der Waals surface area contributed by atoms with Crippen LogP contribution in [0.2, 0.25) is 0 Å². The number of hydrogen-bond donors (Lipinski definition) is 3. The summed E-state index contributed by atoms with van der Waals surface area (Å²) in [5, 5.41) is 12.7. The predicted molar refractivity (Wildman–Crippen MR) is 142 cm³/mol. The molecule has 41 heavy (non-hydrogen) atoms. The van der Waals surface area contributed by atoms with Crippen LogP contribution in [0.15, 0.2) is 59.7 Å². The molecule has 4 N–H and O–H groups in total. The van der Waals surface area contributed by atoms with Crippen LogP contribution in [0.1, 0.15) is 38.3 Å². The second-order valence-electron chi connectivity index (χ2n) is 9.38. The van der Waals surface area contributed by atoms with Gasteiger partial charge < -0.3 is 20.6 Å². The minimum Gasteiger partial charge on any atom is -0.481 e. The zero-order chi connectivity index (χ0) is 30.5. The number of anilines is 1. The van der Waals surface area contributed by atoms with Crippen molar-refractivity contribution in [3.63, 3.8) is 0 Å². The van der Waals surface area contributed by atoms with E-state index in [0.29, 0.717) is 16.0 Å². The molecule has 0 aromatic heterocycles. The molecule has 216 valence electrons. The number of aliphatic carboxylic acids is 1. The lowest BCUT2D eigenvalue weighted by molar-refractivity contribution is -0.186. The number of nitrogens with one attached hydrogen (secondary N) is 1. The van der Waals surface area contributed by atoms with E-state index in [1.54, 1.807) is 37.3 Å². The van der Waals surface area contributed by atoms with Gasteiger partial charge >= 0.3 is 18.0 Å². The van der Waals surface area contributed by atoms with Crippen molar-refractivity contribution in [2.45, 2.75) is 51.4 Å². The predicted octanol–water partition coefficient (Wildman–Crippen LogP) is 1.97. The van der Waals surface area contributed by atoms with E-state index < -0.39 is 59.6 Å². The minimum atomic E-state index is -2.00. The lowest BCUT2D eigenvalue weighted by atomic mass is 9.90. The SMILES string of the molecule is CCN1C(=O)N(OC(=O)[C@H](C(C)=O)N(C(=O)[C@@H](N)CC(=O)O)c2ccccc2)C(=O)[C@@]1(C)c1ccc(CN=N)cc1. The zero-order valence-electron chi connectivity index (χ0n) is 22.6. The van der Waals surface area contributed by atoms with E-state index in [9.17, 15) is 28.8 Å². The van der Waals surface area contributed by atoms with Gasteiger partial charge in [0, 0.05) is 12.2 Å². The fraction of sp³-hybridized carbons (Fsp3) is 0.333. The molecule has 0 aliphatic carbocycles. The topological polar surface area (TPSA) is 204 Å². The van der Waals surface area contributed by atoms with E-state index in [1.807, 2.05) is 0 Å². The van der Waals surface area contributed by atoms with Crippen LogP contribution in [-0.4, -0.2) is 69.3 Å². The largest absolute Gasteiger partial charge is 0.481 e. The number of hydrogen-bond acceptors (Lipinski definition) is 10. The number of carboxylic acids is 1. The molecule has 0 bridgehead atoms. The fourth-order valence-corrected chi connectivity index (χ4v) is 4.58. The van der Waals surface area contributed by atoms with Crippen molar-refractivity contribution in [1.82, 2.24) is 9.96 Å². The summed E-state index contributed by atoms with van der Waals surface area (Å²) >= 11 is 0. The third-order valence-corrected chi connectivity index (χ3v) is 6.67. The number of ketones is 1. The molecular weight excluding hydrogens is 536 g/mol. The Labute approximate surface area is 235 Å². The Balaban J connectivity index is 1.99. The van der Waals surface area contributed by atoms with Crippen molar-refractivity contribution in [2.24, 2.45) is 10.8 Å². The average molecular weight is 567 g/mol. The van der Waals surface area contributed by atoms with E-state index in [4.69, 9.17) is 21.2 Å². The number of carbonyl (C=O) groups excluding carboxylic acids is 5. The summed E-state index contributed by atoms with van der Waals surface area (Å²) in [5.41, 5.74) is 12.4. The monoisotopic (exact) mass is 566 g/mol. The van der Waals surface area contributed by atoms with Crippen LogP contribution < -0.4 is 10.6 Å². The number of carbonyl (C=O) groups is 6. The van der Waals surface area contributed by atoms with Crippen LogP contribution in [0.25, 0.3) is 0 Å². The molecule has 0 radical (unpaired) electrons. The van der Waals surface area contributed by atoms with Crippen LogP contribution in [0.3, 0.4) is 0 Å². The molecule has 2 aromatic rings. The van der Waals surface area contributed by atoms with Crippen LogP contribution in [-0.2, 0) is 40.9 Å². The van der Waals surface area contributed by atoms with Crippen molar-refractivity contribution in [3.8, 4) is 0 Å². The number of urea groups is 1. The minimum absolute atomic E-state index is 0.0362. The molecule has 1 fully saturated rings. The Morgan fingerprint density at radius 2 is 1.71 bits per heavy atom. The van der Waals surface area contributed by atoms with Gasteiger partial charge in [0.15, 0.2) is 11.8 Å². The Morgan fingerprint density at radius 3 is 2.22 bits per heavy atom. The maximum Gasteiger partial charge on any atom is 0.363 e. The third-order valence-electron chi connectivity index (χ3n) is 6.67. The molecule has 1 aliphatic heterocycles. The molecule has 0 saturated carbocycles. The van der Waals surface area contributed by atoms with Gasteiger partial charge in [-0.2, -0.15) is 5.11 Å². The van der Waals surface area contributed by atoms with E-state index in [2.05, 4.69) is 5.11 Å². The Bertz CT molecular complexity index is 1370. The highest BCUT2D eigenvalue weighted by atomic mass is 16.7. The molecule has 1 aliphatic rings. The van der Waals surface area contributed by atoms with E-state index in [0.717, 1.165) is 6.92 Å². The number of nitrogens with two attached hydrogens (primary N) is 1. The summed E-state index contributed by atoms with van der Waals surface area (Å²) < 4.78 is 0. The first-order valence-electron chi connectivity index (χ1n) is 12.5. The van der Waals surface area contributed by atoms with E-state index in [-0.39, 0.29) is 23.8 Å². The molecule has 1 saturated heterocycles. The van der Waals surface area contributed by atoms with Gasteiger partial charge in [-0.05, 0) is 44.0 Å². The van der Waals surface area contributed by atoms with Gasteiger partial charge in [0.25, 0.3) is 5.91 Å². The smallest absolute Gasteiger partial charge is 0.363 e. The van der Waals surface area contributed by atoms with Gasteiger partial charge in [0.1, 0.15) is 5.54 Å². The van der Waals surface area contributed by atoms with Crippen molar-refractivity contribution in [2.75, 3.05) is 11.4 Å². The molecule has 4 amide bonds. The molecule has 2 aromatic carbocycles. The van der Waals surface area contributed by atoms with Crippen molar-refractivity contribution >= 4 is 41.3 Å². The number of imide groups is 1. The maximum absolute atomic E-state index is 13.6. The summed E-state index contributed by atoms with van der Waals surface area (Å²) in [6.45, 7) is 4.28. The van der Waals surface area contributed by atoms with Crippen LogP contribution >= 0.6 is 0 Å². The standard InChI is InChI=1S/C27H30N6O8/c1-4-31-26(40)33(25(39)27(31,3)18-12-10-17(11-13-18)15-30-29)41-24(38)22(16(2)34)32(19-8-6-5-7-9-19)23(37)20(28)14-21(35)36/h5-13,20,22,29H,4,14-15,28H2,1-3H3,(H,35,36)/t20-,22-,27+/m0/s1. The van der Waals surface area contributed by atoms with Gasteiger partial charge in [-0.1, -0.05) is 47.5 Å². The number of amides is 4. The van der Waals surface area contributed by atoms with Gasteiger partial charge in [0.05, 0.1) is 19.0 Å². The third kappa shape index (κ3) is 5.96. The lowest BCUT2D eigenvalue weighted by Crippen LogP contribution is -2.56. The number of hydroxylamine groups is 2. The number of rotatable bonds is 12. The van der Waals surface area contributed by atoms with Gasteiger partial charge in [0.2, 0.25) is 5.91 Å². The maximum atomic E-state index is 13.6. The fourth-order valence-electron chi connectivity index (χ4n) is 4.58. The molecule has 3 atom stereocenters. The summed E-state index contributed by atoms with van der Waals surface area (Å²) in [7, 11) is 0. The van der Waals surface area contributed by atoms with E-state index >= 15 is 0 Å². The molecule has 14 heteroatoms. The first-order valence-corrected chi connectivity index (χ1v) is 12.5. The molecular formula is C27H30N6O8. The number of likely N-dealkylation sites (N-methyl/N-ethyl adjacent to an activating group) is 1. The first kappa shape index (κ1) is 30.6. The zero-order valence-corrected chi connectivity index (χ0v) is 22.6. The Morgan fingerprint density at radius 1 is 1.10 bits per heavy atom. The second kappa shape index (κ2) is 12.5. The molecule has 3 rings (SSSR count). The van der Waals surface area contributed by atoms with Crippen molar-refractivity contribution in [1.29, 1.82) is 5.53 Å². The highest BCUT2D eigenvalue weighted by Gasteiger charge is 2.57. The Kier molecular flexibility index (Phi) is 9.29. The number of nitrogens with zero attached hydrogens (tertiary/aromatic N) is 4. The summed E-state index contributed by atoms with van der Waals surface area (Å²) in [6, 6.07) is 9.33. The van der Waals surface area contributed by atoms with Crippen molar-refractivity contribution < 1.29 is 38.7 Å². The van der Waals surface area contributed by atoms with Crippen molar-refractivity contribution in [3.05, 3.63) is 65.7 Å². The normalized spacial score (nSPS) is 18.0. The second-order valence-corrected chi connectivity index (χ2v) is 9.38. The van der Waals surface area contributed by atoms with E-state index in [1.165, 1.54) is 36.1 Å². The van der Waals surface area contributed by atoms with Crippen LogP contribution in [0.4, 0.5) is 10.5 Å². The number of carboxylic acid groups (broad SMARTS) is 1. The van der Waals surface area contributed by atoms with Crippen LogP contribution in [0, 0.1) is 5.53 Å². The first-order chi connectivity index (χ1) is 19.4.